The van der Waals surface area contributed by atoms with Crippen molar-refractivity contribution in [3.63, 3.8) is 0 Å². The van der Waals surface area contributed by atoms with Gasteiger partial charge in [0.25, 0.3) is 5.91 Å². The zero-order valence-corrected chi connectivity index (χ0v) is 11.5. The molecule has 1 aromatic heterocycles. The maximum absolute atomic E-state index is 11.8. The van der Waals surface area contributed by atoms with Gasteiger partial charge in [0.2, 0.25) is 5.91 Å². The monoisotopic (exact) mass is 264 g/mol. The van der Waals surface area contributed by atoms with Crippen LogP contribution in [-0.4, -0.2) is 29.4 Å². The summed E-state index contributed by atoms with van der Waals surface area (Å²) in [5.41, 5.74) is 7.21. The van der Waals surface area contributed by atoms with E-state index in [1.54, 1.807) is 13.0 Å². The van der Waals surface area contributed by atoms with Crippen LogP contribution in [0.4, 0.5) is 5.69 Å². The van der Waals surface area contributed by atoms with Gasteiger partial charge in [-0.25, -0.2) is 0 Å². The van der Waals surface area contributed by atoms with Gasteiger partial charge in [0.15, 0.2) is 0 Å². The first-order valence-electron chi connectivity index (χ1n) is 6.20. The van der Waals surface area contributed by atoms with Crippen LogP contribution in [0, 0.1) is 6.92 Å². The molecule has 19 heavy (non-hydrogen) atoms. The van der Waals surface area contributed by atoms with Crippen molar-refractivity contribution in [1.82, 2.24) is 15.6 Å². The molecule has 1 aromatic rings. The third kappa shape index (κ3) is 4.95. The van der Waals surface area contributed by atoms with Gasteiger partial charge in [-0.3, -0.25) is 14.6 Å². The summed E-state index contributed by atoms with van der Waals surface area (Å²) in [6, 6.07) is 1.74. The molecule has 0 fully saturated rings. The Kier molecular flexibility index (Phi) is 5.29. The third-order valence-corrected chi connectivity index (χ3v) is 2.40. The lowest BCUT2D eigenvalue weighted by molar-refractivity contribution is -0.121. The lowest BCUT2D eigenvalue weighted by Gasteiger charge is -2.09. The van der Waals surface area contributed by atoms with Gasteiger partial charge >= 0.3 is 0 Å². The van der Waals surface area contributed by atoms with Gasteiger partial charge in [-0.2, -0.15) is 0 Å². The molecule has 0 atom stereocenters. The van der Waals surface area contributed by atoms with E-state index < -0.39 is 0 Å². The van der Waals surface area contributed by atoms with Crippen LogP contribution in [0.5, 0.6) is 0 Å². The molecular formula is C13H20N4O2. The van der Waals surface area contributed by atoms with Crippen molar-refractivity contribution in [3.8, 4) is 0 Å². The highest BCUT2D eigenvalue weighted by molar-refractivity contribution is 5.98. The number of aromatic nitrogens is 1. The van der Waals surface area contributed by atoms with Crippen LogP contribution in [0.3, 0.4) is 0 Å². The van der Waals surface area contributed by atoms with E-state index in [1.165, 1.54) is 6.20 Å². The van der Waals surface area contributed by atoms with E-state index in [4.69, 9.17) is 5.73 Å². The van der Waals surface area contributed by atoms with Crippen molar-refractivity contribution in [2.75, 3.05) is 12.3 Å². The number of hydrogen-bond donors (Lipinski definition) is 3. The van der Waals surface area contributed by atoms with E-state index in [-0.39, 0.29) is 30.8 Å². The molecule has 0 aliphatic carbocycles. The maximum Gasteiger partial charge on any atom is 0.254 e. The second-order valence-electron chi connectivity index (χ2n) is 4.64. The Balaban J connectivity index is 2.45. The first-order chi connectivity index (χ1) is 8.90. The Bertz CT molecular complexity index is 472. The summed E-state index contributed by atoms with van der Waals surface area (Å²) in [6.45, 7) is 5.84. The number of carbonyl (C=O) groups is 2. The number of amides is 2. The first-order valence-corrected chi connectivity index (χ1v) is 6.20. The summed E-state index contributed by atoms with van der Waals surface area (Å²) < 4.78 is 0. The van der Waals surface area contributed by atoms with Crippen molar-refractivity contribution < 1.29 is 9.59 Å². The molecule has 1 rings (SSSR count). The second kappa shape index (κ2) is 6.72. The Morgan fingerprint density at radius 1 is 1.42 bits per heavy atom. The van der Waals surface area contributed by atoms with Gasteiger partial charge in [-0.1, -0.05) is 0 Å². The van der Waals surface area contributed by atoms with Gasteiger partial charge < -0.3 is 16.4 Å². The Hall–Kier alpha value is -2.11. The normalized spacial score (nSPS) is 10.3. The molecular weight excluding hydrogens is 244 g/mol. The number of nitrogens with one attached hydrogen (secondary N) is 2. The third-order valence-electron chi connectivity index (χ3n) is 2.40. The molecule has 0 aliphatic rings. The molecule has 0 saturated heterocycles. The largest absolute Gasteiger partial charge is 0.398 e. The molecule has 6 heteroatoms. The minimum absolute atomic E-state index is 0.0923. The second-order valence-corrected chi connectivity index (χ2v) is 4.64. The number of anilines is 1. The minimum atomic E-state index is -0.317. The predicted octanol–water partition coefficient (Wildman–Crippen LogP) is 0.617. The summed E-state index contributed by atoms with van der Waals surface area (Å²) in [5, 5.41) is 5.39. The molecule has 0 radical (unpaired) electrons. The van der Waals surface area contributed by atoms with E-state index in [0.717, 1.165) is 5.69 Å². The molecule has 1 heterocycles. The number of pyridine rings is 1. The van der Waals surface area contributed by atoms with Crippen LogP contribution >= 0.6 is 0 Å². The maximum atomic E-state index is 11.8. The zero-order chi connectivity index (χ0) is 14.4. The van der Waals surface area contributed by atoms with E-state index in [2.05, 4.69) is 15.6 Å². The SMILES string of the molecule is Cc1cc(N)c(C(=O)NCCC(=O)NC(C)C)cn1. The summed E-state index contributed by atoms with van der Waals surface area (Å²) in [7, 11) is 0. The smallest absolute Gasteiger partial charge is 0.254 e. The molecule has 0 aliphatic heterocycles. The van der Waals surface area contributed by atoms with Crippen molar-refractivity contribution in [3.05, 3.63) is 23.5 Å². The molecule has 6 nitrogen and oxygen atoms in total. The van der Waals surface area contributed by atoms with Crippen molar-refractivity contribution in [2.45, 2.75) is 33.2 Å². The van der Waals surface area contributed by atoms with Crippen LogP contribution in [0.15, 0.2) is 12.3 Å². The van der Waals surface area contributed by atoms with Crippen LogP contribution < -0.4 is 16.4 Å². The fraction of sp³-hybridized carbons (Fsp3) is 0.462. The number of nitrogens with zero attached hydrogens (tertiary/aromatic N) is 1. The number of nitrogens with two attached hydrogens (primary N) is 1. The summed E-state index contributed by atoms with van der Waals surface area (Å²) in [5.74, 6) is -0.410. The van der Waals surface area contributed by atoms with Crippen molar-refractivity contribution >= 4 is 17.5 Å². The van der Waals surface area contributed by atoms with E-state index in [9.17, 15) is 9.59 Å². The number of hydrogen-bond acceptors (Lipinski definition) is 4. The average Bonchev–Trinajstić information content (AvgIpc) is 2.27. The van der Waals surface area contributed by atoms with Crippen LogP contribution in [-0.2, 0) is 4.79 Å². The molecule has 2 amide bonds. The lowest BCUT2D eigenvalue weighted by atomic mass is 10.2. The summed E-state index contributed by atoms with van der Waals surface area (Å²) in [4.78, 5) is 27.2. The van der Waals surface area contributed by atoms with Gasteiger partial charge in [0, 0.05) is 36.6 Å². The van der Waals surface area contributed by atoms with Crippen molar-refractivity contribution in [1.29, 1.82) is 0 Å². The van der Waals surface area contributed by atoms with Gasteiger partial charge in [-0.15, -0.1) is 0 Å². The standard InChI is InChI=1S/C13H20N4O2/c1-8(2)17-12(18)4-5-15-13(19)10-7-16-9(3)6-11(10)14/h6-8H,4-5H2,1-3H3,(H2,14,16)(H,15,19)(H,17,18). The topological polar surface area (TPSA) is 97.1 Å². The highest BCUT2D eigenvalue weighted by Gasteiger charge is 2.10. The molecule has 104 valence electrons. The Morgan fingerprint density at radius 3 is 2.68 bits per heavy atom. The molecule has 0 bridgehead atoms. The van der Waals surface area contributed by atoms with Crippen molar-refractivity contribution in [2.24, 2.45) is 0 Å². The summed E-state index contributed by atoms with van der Waals surface area (Å²) in [6.07, 6.45) is 1.68. The summed E-state index contributed by atoms with van der Waals surface area (Å²) >= 11 is 0. The van der Waals surface area contributed by atoms with E-state index >= 15 is 0 Å². The molecule has 4 N–H and O–H groups in total. The molecule has 0 saturated carbocycles. The Labute approximate surface area is 112 Å². The number of carbonyl (C=O) groups excluding carboxylic acids is 2. The van der Waals surface area contributed by atoms with E-state index in [1.807, 2.05) is 13.8 Å². The predicted molar refractivity (Wildman–Crippen MR) is 73.6 cm³/mol. The first kappa shape index (κ1) is 14.9. The minimum Gasteiger partial charge on any atom is -0.398 e. The number of aryl methyl sites for hydroxylation is 1. The highest BCUT2D eigenvalue weighted by Crippen LogP contribution is 2.10. The Morgan fingerprint density at radius 2 is 2.11 bits per heavy atom. The zero-order valence-electron chi connectivity index (χ0n) is 11.5. The fourth-order valence-corrected chi connectivity index (χ4v) is 1.55. The fourth-order valence-electron chi connectivity index (χ4n) is 1.55. The highest BCUT2D eigenvalue weighted by atomic mass is 16.2. The van der Waals surface area contributed by atoms with Crippen LogP contribution in [0.1, 0.15) is 36.3 Å². The average molecular weight is 264 g/mol. The van der Waals surface area contributed by atoms with Crippen LogP contribution in [0.2, 0.25) is 0 Å². The van der Waals surface area contributed by atoms with E-state index in [0.29, 0.717) is 11.3 Å². The molecule has 0 unspecified atom stereocenters. The lowest BCUT2D eigenvalue weighted by Crippen LogP contribution is -2.34. The van der Waals surface area contributed by atoms with Gasteiger partial charge in [0.1, 0.15) is 0 Å². The molecule has 0 spiro atoms. The quantitative estimate of drug-likeness (QED) is 0.726. The van der Waals surface area contributed by atoms with Gasteiger partial charge in [-0.05, 0) is 26.8 Å². The van der Waals surface area contributed by atoms with Gasteiger partial charge in [0.05, 0.1) is 5.56 Å². The molecule has 0 aromatic carbocycles. The van der Waals surface area contributed by atoms with Crippen LogP contribution in [0.25, 0.3) is 0 Å². The number of nitrogen functional groups attached to an aromatic ring is 1. The number of rotatable bonds is 5.